The van der Waals surface area contributed by atoms with Crippen molar-refractivity contribution in [2.24, 2.45) is 0 Å². The number of hydrogen-bond donors (Lipinski definition) is 0. The topological polar surface area (TPSA) is 45.7 Å². The Hall–Kier alpha value is -1.70. The maximum Gasteiger partial charge on any atom is 0.260 e. The molecule has 1 aliphatic heterocycles. The minimum atomic E-state index is -0.0254. The van der Waals surface area contributed by atoms with Crippen molar-refractivity contribution in [3.8, 4) is 0 Å². The molecule has 0 bridgehead atoms. The number of fused-ring (bicyclic) bond motifs is 1. The minimum absolute atomic E-state index is 0. The van der Waals surface area contributed by atoms with Crippen LogP contribution >= 0.6 is 35.3 Å². The van der Waals surface area contributed by atoms with Crippen molar-refractivity contribution >= 4 is 56.6 Å². The van der Waals surface area contributed by atoms with E-state index in [1.54, 1.807) is 0 Å². The van der Waals surface area contributed by atoms with E-state index >= 15 is 0 Å². The first-order valence-electron chi connectivity index (χ1n) is 11.1. The quantitative estimate of drug-likeness (QED) is 0.408. The summed E-state index contributed by atoms with van der Waals surface area (Å²) in [6.07, 6.45) is 0.871. The van der Waals surface area contributed by atoms with Crippen molar-refractivity contribution in [2.45, 2.75) is 32.6 Å². The zero-order valence-corrected chi connectivity index (χ0v) is 21.7. The van der Waals surface area contributed by atoms with Crippen LogP contribution in [-0.4, -0.2) is 55.2 Å². The molecule has 0 radical (unpaired) electrons. The number of aromatic nitrogens is 1. The highest BCUT2D eigenvalue weighted by Gasteiger charge is 2.23. The largest absolute Gasteiger partial charge is 0.379 e. The molecule has 0 aliphatic carbocycles. The molecule has 2 aromatic carbocycles. The molecule has 1 saturated heterocycles. The Morgan fingerprint density at radius 3 is 2.48 bits per heavy atom. The van der Waals surface area contributed by atoms with Crippen molar-refractivity contribution < 1.29 is 9.53 Å². The Labute approximate surface area is 211 Å². The third-order valence-corrected chi connectivity index (χ3v) is 7.14. The van der Waals surface area contributed by atoms with E-state index < -0.39 is 0 Å². The number of para-hydroxylation sites is 1. The highest BCUT2D eigenvalue weighted by molar-refractivity contribution is 7.22. The van der Waals surface area contributed by atoms with Crippen LogP contribution in [0.2, 0.25) is 5.02 Å². The van der Waals surface area contributed by atoms with Crippen molar-refractivity contribution in [3.05, 3.63) is 58.6 Å². The van der Waals surface area contributed by atoms with Gasteiger partial charge < -0.3 is 4.74 Å². The van der Waals surface area contributed by atoms with Gasteiger partial charge in [-0.15, -0.1) is 12.4 Å². The van der Waals surface area contributed by atoms with Crippen molar-refractivity contribution in [1.82, 2.24) is 9.88 Å². The van der Waals surface area contributed by atoms with Gasteiger partial charge in [-0.2, -0.15) is 0 Å². The van der Waals surface area contributed by atoms with E-state index in [1.165, 1.54) is 16.9 Å². The van der Waals surface area contributed by atoms with Gasteiger partial charge in [-0.3, -0.25) is 14.6 Å². The van der Waals surface area contributed by atoms with Gasteiger partial charge in [-0.25, -0.2) is 4.98 Å². The number of rotatable bonds is 6. The van der Waals surface area contributed by atoms with Crippen molar-refractivity contribution in [2.75, 3.05) is 44.3 Å². The van der Waals surface area contributed by atoms with Crippen LogP contribution in [0.15, 0.2) is 42.5 Å². The molecule has 2 heterocycles. The summed E-state index contributed by atoms with van der Waals surface area (Å²) in [7, 11) is 0. The average molecular weight is 509 g/mol. The highest BCUT2D eigenvalue weighted by Crippen LogP contribution is 2.33. The number of hydrogen-bond acceptors (Lipinski definition) is 5. The summed E-state index contributed by atoms with van der Waals surface area (Å²) in [5.41, 5.74) is 2.68. The van der Waals surface area contributed by atoms with Gasteiger partial charge in [0.2, 0.25) is 0 Å². The number of thiazole rings is 1. The molecule has 33 heavy (non-hydrogen) atoms. The number of amides is 1. The number of nitrogens with zero attached hydrogens (tertiary/aromatic N) is 3. The Morgan fingerprint density at radius 1 is 1.15 bits per heavy atom. The predicted molar refractivity (Wildman–Crippen MR) is 141 cm³/mol. The summed E-state index contributed by atoms with van der Waals surface area (Å²) in [5, 5.41) is 1.31. The number of halogens is 2. The zero-order chi connectivity index (χ0) is 22.7. The second-order valence-corrected chi connectivity index (χ2v) is 10.6. The fourth-order valence-corrected chi connectivity index (χ4v) is 5.14. The van der Waals surface area contributed by atoms with Crippen LogP contribution in [-0.2, 0) is 10.2 Å². The van der Waals surface area contributed by atoms with Crippen molar-refractivity contribution in [1.29, 1.82) is 0 Å². The number of benzene rings is 2. The lowest BCUT2D eigenvalue weighted by Gasteiger charge is -2.28. The van der Waals surface area contributed by atoms with Gasteiger partial charge in [0.15, 0.2) is 5.13 Å². The van der Waals surface area contributed by atoms with Gasteiger partial charge in [-0.05, 0) is 41.7 Å². The number of ether oxygens (including phenoxy) is 1. The molecule has 5 nitrogen and oxygen atoms in total. The SMILES string of the molecule is CC(C)(C)c1ccc(C(=O)N(CCCN2CCOCC2)c2nc3c(Cl)cccc3s2)cc1.Cl. The first kappa shape index (κ1) is 25.9. The molecule has 1 fully saturated rings. The maximum absolute atomic E-state index is 13.6. The molecule has 3 aromatic rings. The van der Waals surface area contributed by atoms with Crippen LogP contribution in [0.3, 0.4) is 0 Å². The smallest absolute Gasteiger partial charge is 0.260 e. The van der Waals surface area contributed by atoms with E-state index in [0.717, 1.165) is 49.5 Å². The Balaban J connectivity index is 0.00000306. The molecule has 1 aromatic heterocycles. The molecule has 1 amide bonds. The number of anilines is 1. The van der Waals surface area contributed by atoms with Crippen LogP contribution in [0, 0.1) is 0 Å². The lowest BCUT2D eigenvalue weighted by atomic mass is 9.86. The van der Waals surface area contributed by atoms with Gasteiger partial charge in [0.25, 0.3) is 5.91 Å². The summed E-state index contributed by atoms with van der Waals surface area (Å²) < 4.78 is 6.43. The standard InChI is InChI=1S/C25H30ClN3O2S.ClH/c1-25(2,3)19-10-8-18(9-11-19)23(30)29(13-5-12-28-14-16-31-17-15-28)24-27-22-20(26)6-4-7-21(22)32-24;/h4,6-11H,5,12-17H2,1-3H3;1H. The predicted octanol–water partition coefficient (Wildman–Crippen LogP) is 6.04. The molecular weight excluding hydrogens is 477 g/mol. The molecule has 4 rings (SSSR count). The second kappa shape index (κ2) is 11.2. The van der Waals surface area contributed by atoms with Gasteiger partial charge >= 0.3 is 0 Å². The minimum Gasteiger partial charge on any atom is -0.379 e. The van der Waals surface area contributed by atoms with Crippen LogP contribution in [0.5, 0.6) is 0 Å². The average Bonchev–Trinajstić information content (AvgIpc) is 3.22. The summed E-state index contributed by atoms with van der Waals surface area (Å²) in [5.74, 6) is -0.0254. The molecular formula is C25H31Cl2N3O2S. The molecule has 0 spiro atoms. The van der Waals surface area contributed by atoms with Crippen molar-refractivity contribution in [3.63, 3.8) is 0 Å². The molecule has 1 aliphatic rings. The van der Waals surface area contributed by atoms with Gasteiger partial charge in [0.05, 0.1) is 22.9 Å². The summed E-state index contributed by atoms with van der Waals surface area (Å²) >= 11 is 7.87. The molecule has 0 atom stereocenters. The highest BCUT2D eigenvalue weighted by atomic mass is 35.5. The van der Waals surface area contributed by atoms with E-state index in [2.05, 4.69) is 25.7 Å². The molecule has 0 N–H and O–H groups in total. The number of morpholine rings is 1. The van der Waals surface area contributed by atoms with E-state index in [9.17, 15) is 4.79 Å². The van der Waals surface area contributed by atoms with Gasteiger partial charge in [-0.1, -0.05) is 61.9 Å². The maximum atomic E-state index is 13.6. The van der Waals surface area contributed by atoms with Crippen LogP contribution in [0.1, 0.15) is 43.1 Å². The second-order valence-electron chi connectivity index (χ2n) is 9.17. The summed E-state index contributed by atoms with van der Waals surface area (Å²) in [6, 6.07) is 13.7. The fraction of sp³-hybridized carbons (Fsp3) is 0.440. The van der Waals surface area contributed by atoms with E-state index in [1.807, 2.05) is 47.4 Å². The van der Waals surface area contributed by atoms with E-state index in [4.69, 9.17) is 21.3 Å². The molecule has 178 valence electrons. The third-order valence-electron chi connectivity index (χ3n) is 5.79. The van der Waals surface area contributed by atoms with E-state index in [-0.39, 0.29) is 23.7 Å². The van der Waals surface area contributed by atoms with Crippen LogP contribution in [0.25, 0.3) is 10.2 Å². The normalized spacial score (nSPS) is 14.8. The molecule has 0 saturated carbocycles. The number of carbonyl (C=O) groups is 1. The summed E-state index contributed by atoms with van der Waals surface area (Å²) in [6.45, 7) is 11.5. The Bertz CT molecular complexity index is 1070. The first-order valence-corrected chi connectivity index (χ1v) is 12.3. The fourth-order valence-electron chi connectivity index (χ4n) is 3.85. The summed E-state index contributed by atoms with van der Waals surface area (Å²) in [4.78, 5) is 22.5. The lowest BCUT2D eigenvalue weighted by Crippen LogP contribution is -2.39. The number of carbonyl (C=O) groups excluding carboxylic acids is 1. The monoisotopic (exact) mass is 507 g/mol. The lowest BCUT2D eigenvalue weighted by molar-refractivity contribution is 0.0376. The third kappa shape index (κ3) is 6.25. The molecule has 0 unspecified atom stereocenters. The molecule has 8 heteroatoms. The zero-order valence-electron chi connectivity index (χ0n) is 19.3. The van der Waals surface area contributed by atoms with Crippen LogP contribution in [0.4, 0.5) is 5.13 Å². The van der Waals surface area contributed by atoms with Gasteiger partial charge in [0, 0.05) is 31.7 Å². The Kier molecular flexibility index (Phi) is 8.76. The first-order chi connectivity index (χ1) is 15.3. The van der Waals surface area contributed by atoms with E-state index in [0.29, 0.717) is 22.3 Å². The van der Waals surface area contributed by atoms with Crippen LogP contribution < -0.4 is 4.90 Å². The Morgan fingerprint density at radius 2 is 1.85 bits per heavy atom. The van der Waals surface area contributed by atoms with Gasteiger partial charge in [0.1, 0.15) is 5.52 Å².